The average molecular weight is 227 g/mol. The van der Waals surface area contributed by atoms with E-state index >= 15 is 0 Å². The Morgan fingerprint density at radius 3 is 2.62 bits per heavy atom. The number of amides is 1. The van der Waals surface area contributed by atoms with Crippen molar-refractivity contribution < 1.29 is 14.6 Å². The van der Waals surface area contributed by atoms with Gasteiger partial charge in [-0.25, -0.2) is 0 Å². The van der Waals surface area contributed by atoms with E-state index in [0.717, 1.165) is 32.2 Å². The van der Waals surface area contributed by atoms with Crippen LogP contribution in [0.5, 0.6) is 0 Å². The van der Waals surface area contributed by atoms with E-state index in [1.807, 2.05) is 6.92 Å². The summed E-state index contributed by atoms with van der Waals surface area (Å²) >= 11 is 0. The topological polar surface area (TPSA) is 49.8 Å². The number of likely N-dealkylation sites (tertiary alicyclic amines) is 1. The lowest BCUT2D eigenvalue weighted by atomic mass is 9.92. The Labute approximate surface area is 96.6 Å². The first-order valence-electron chi connectivity index (χ1n) is 6.09. The molecule has 0 aromatic carbocycles. The minimum atomic E-state index is -0.733. The van der Waals surface area contributed by atoms with Crippen LogP contribution in [0.2, 0.25) is 0 Å². The van der Waals surface area contributed by atoms with Crippen LogP contribution in [0.15, 0.2) is 0 Å². The Bertz CT molecular complexity index is 282. The number of carbonyl (C=O) groups is 1. The van der Waals surface area contributed by atoms with Gasteiger partial charge in [-0.15, -0.1) is 0 Å². The summed E-state index contributed by atoms with van der Waals surface area (Å²) in [7, 11) is 0. The van der Waals surface area contributed by atoms with Crippen LogP contribution in [0.4, 0.5) is 0 Å². The number of β-amino-alcohol motifs (C(OH)–C–C–N with tert-alkyl or cyclic N) is 1. The van der Waals surface area contributed by atoms with Gasteiger partial charge in [0, 0.05) is 19.7 Å². The molecular formula is C12H21NO3. The van der Waals surface area contributed by atoms with Crippen LogP contribution in [0, 0.1) is 0 Å². The molecule has 2 heterocycles. The maximum atomic E-state index is 12.3. The molecule has 4 heteroatoms. The van der Waals surface area contributed by atoms with Crippen molar-refractivity contribution in [1.29, 1.82) is 0 Å². The Morgan fingerprint density at radius 1 is 1.31 bits per heavy atom. The lowest BCUT2D eigenvalue weighted by Gasteiger charge is -2.40. The monoisotopic (exact) mass is 227 g/mol. The van der Waals surface area contributed by atoms with Crippen molar-refractivity contribution in [3.8, 4) is 0 Å². The maximum Gasteiger partial charge on any atom is 0.254 e. The third kappa shape index (κ3) is 2.23. The van der Waals surface area contributed by atoms with E-state index in [-0.39, 0.29) is 5.91 Å². The van der Waals surface area contributed by atoms with Gasteiger partial charge in [0.05, 0.1) is 5.60 Å². The average Bonchev–Trinajstić information content (AvgIpc) is 2.64. The number of ether oxygens (including phenoxy) is 1. The van der Waals surface area contributed by atoms with E-state index in [1.54, 1.807) is 11.8 Å². The molecule has 2 unspecified atom stereocenters. The molecule has 0 saturated carbocycles. The first-order valence-corrected chi connectivity index (χ1v) is 6.09. The molecule has 16 heavy (non-hydrogen) atoms. The molecule has 4 nitrogen and oxygen atoms in total. The number of hydrogen-bond acceptors (Lipinski definition) is 3. The van der Waals surface area contributed by atoms with E-state index in [1.165, 1.54) is 0 Å². The second-order valence-electron chi connectivity index (χ2n) is 5.51. The molecular weight excluding hydrogens is 206 g/mol. The largest absolute Gasteiger partial charge is 0.388 e. The fourth-order valence-electron chi connectivity index (χ4n) is 2.68. The second-order valence-corrected chi connectivity index (χ2v) is 5.51. The van der Waals surface area contributed by atoms with Gasteiger partial charge in [0.2, 0.25) is 0 Å². The third-order valence-electron chi connectivity index (χ3n) is 3.63. The molecule has 0 aromatic rings. The molecule has 1 N–H and O–H groups in total. The smallest absolute Gasteiger partial charge is 0.254 e. The summed E-state index contributed by atoms with van der Waals surface area (Å²) in [6, 6.07) is 0. The molecule has 92 valence electrons. The number of piperidine rings is 1. The summed E-state index contributed by atoms with van der Waals surface area (Å²) in [5, 5.41) is 9.99. The highest BCUT2D eigenvalue weighted by Crippen LogP contribution is 2.30. The molecule has 0 aliphatic carbocycles. The molecule has 2 aliphatic heterocycles. The van der Waals surface area contributed by atoms with Crippen LogP contribution in [0.1, 0.15) is 39.5 Å². The highest BCUT2D eigenvalue weighted by molar-refractivity contribution is 5.85. The molecule has 0 spiro atoms. The molecule has 0 radical (unpaired) electrons. The number of aliphatic hydroxyl groups is 1. The van der Waals surface area contributed by atoms with Crippen LogP contribution >= 0.6 is 0 Å². The fourth-order valence-corrected chi connectivity index (χ4v) is 2.68. The standard InChI is InChI=1S/C12H21NO3/c1-11(15)5-3-7-13(9-11)10(14)12(2)6-4-8-16-12/h15H,3-9H2,1-2H3. The summed E-state index contributed by atoms with van der Waals surface area (Å²) in [6.45, 7) is 5.52. The quantitative estimate of drug-likeness (QED) is 0.725. The van der Waals surface area contributed by atoms with Crippen LogP contribution in [-0.4, -0.2) is 46.8 Å². The number of hydrogen-bond donors (Lipinski definition) is 1. The Balaban J connectivity index is 2.04. The summed E-state index contributed by atoms with van der Waals surface area (Å²) in [5.74, 6) is 0.0463. The third-order valence-corrected chi connectivity index (χ3v) is 3.63. The molecule has 1 amide bonds. The van der Waals surface area contributed by atoms with Crippen LogP contribution in [-0.2, 0) is 9.53 Å². The van der Waals surface area contributed by atoms with E-state index < -0.39 is 11.2 Å². The zero-order chi connectivity index (χ0) is 11.8. The van der Waals surface area contributed by atoms with Crippen molar-refractivity contribution in [1.82, 2.24) is 4.90 Å². The van der Waals surface area contributed by atoms with Gasteiger partial charge in [0.25, 0.3) is 5.91 Å². The normalized spacial score (nSPS) is 40.1. The minimum Gasteiger partial charge on any atom is -0.388 e. The predicted octanol–water partition coefficient (Wildman–Crippen LogP) is 0.929. The van der Waals surface area contributed by atoms with Crippen LogP contribution < -0.4 is 0 Å². The van der Waals surface area contributed by atoms with E-state index in [0.29, 0.717) is 13.2 Å². The van der Waals surface area contributed by atoms with Crippen molar-refractivity contribution in [2.45, 2.75) is 50.7 Å². The molecule has 2 aliphatic rings. The van der Waals surface area contributed by atoms with Crippen LogP contribution in [0.25, 0.3) is 0 Å². The summed E-state index contributed by atoms with van der Waals surface area (Å²) in [4.78, 5) is 14.1. The first-order chi connectivity index (χ1) is 7.43. The minimum absolute atomic E-state index is 0.0463. The fraction of sp³-hybridized carbons (Fsp3) is 0.917. The number of carbonyl (C=O) groups excluding carboxylic acids is 1. The van der Waals surface area contributed by atoms with Gasteiger partial charge < -0.3 is 14.7 Å². The Kier molecular flexibility index (Phi) is 2.97. The van der Waals surface area contributed by atoms with Crippen molar-refractivity contribution in [2.75, 3.05) is 19.7 Å². The van der Waals surface area contributed by atoms with Crippen LogP contribution in [0.3, 0.4) is 0 Å². The van der Waals surface area contributed by atoms with Gasteiger partial charge in [-0.3, -0.25) is 4.79 Å². The van der Waals surface area contributed by atoms with Crippen molar-refractivity contribution >= 4 is 5.91 Å². The molecule has 0 aromatic heterocycles. The Hall–Kier alpha value is -0.610. The van der Waals surface area contributed by atoms with Gasteiger partial charge in [0.1, 0.15) is 5.60 Å². The lowest BCUT2D eigenvalue weighted by Crippen LogP contribution is -2.54. The van der Waals surface area contributed by atoms with E-state index in [2.05, 4.69) is 0 Å². The van der Waals surface area contributed by atoms with Gasteiger partial charge in [-0.1, -0.05) is 0 Å². The van der Waals surface area contributed by atoms with Gasteiger partial charge in [-0.2, -0.15) is 0 Å². The zero-order valence-corrected chi connectivity index (χ0v) is 10.2. The van der Waals surface area contributed by atoms with Gasteiger partial charge >= 0.3 is 0 Å². The van der Waals surface area contributed by atoms with Gasteiger partial charge in [0.15, 0.2) is 0 Å². The molecule has 2 saturated heterocycles. The predicted molar refractivity (Wildman–Crippen MR) is 60.0 cm³/mol. The highest BCUT2D eigenvalue weighted by atomic mass is 16.5. The molecule has 2 rings (SSSR count). The SMILES string of the molecule is CC1(O)CCCN(C(=O)C2(C)CCCO2)C1. The van der Waals surface area contributed by atoms with Crippen molar-refractivity contribution in [3.63, 3.8) is 0 Å². The molecule has 0 bridgehead atoms. The molecule has 2 fully saturated rings. The maximum absolute atomic E-state index is 12.3. The highest BCUT2D eigenvalue weighted by Gasteiger charge is 2.43. The summed E-state index contributed by atoms with van der Waals surface area (Å²) in [5.41, 5.74) is -1.38. The lowest BCUT2D eigenvalue weighted by molar-refractivity contribution is -0.157. The zero-order valence-electron chi connectivity index (χ0n) is 10.2. The second kappa shape index (κ2) is 4.00. The first kappa shape index (κ1) is 11.9. The Morgan fingerprint density at radius 2 is 2.06 bits per heavy atom. The molecule has 2 atom stereocenters. The van der Waals surface area contributed by atoms with Gasteiger partial charge in [-0.05, 0) is 39.5 Å². The number of nitrogens with zero attached hydrogens (tertiary/aromatic N) is 1. The summed E-state index contributed by atoms with van der Waals surface area (Å²) < 4.78 is 5.55. The van der Waals surface area contributed by atoms with Crippen molar-refractivity contribution in [2.24, 2.45) is 0 Å². The van der Waals surface area contributed by atoms with E-state index in [4.69, 9.17) is 4.74 Å². The van der Waals surface area contributed by atoms with Crippen molar-refractivity contribution in [3.05, 3.63) is 0 Å². The summed E-state index contributed by atoms with van der Waals surface area (Å²) in [6.07, 6.45) is 3.39. The van der Waals surface area contributed by atoms with E-state index in [9.17, 15) is 9.90 Å². The number of rotatable bonds is 1.